The van der Waals surface area contributed by atoms with Crippen LogP contribution in [-0.4, -0.2) is 47.0 Å². The summed E-state index contributed by atoms with van der Waals surface area (Å²) in [6.07, 6.45) is 2.92. The van der Waals surface area contributed by atoms with Gasteiger partial charge in [-0.05, 0) is 32.7 Å². The van der Waals surface area contributed by atoms with Gasteiger partial charge in [0.05, 0.1) is 5.60 Å². The lowest BCUT2D eigenvalue weighted by molar-refractivity contribution is -0.0334. The van der Waals surface area contributed by atoms with Gasteiger partial charge in [0.2, 0.25) is 0 Å². The Balaban J connectivity index is 2.51. The maximum Gasteiger partial charge on any atom is 0.0746 e. The lowest BCUT2D eigenvalue weighted by Crippen LogP contribution is -2.49. The Hall–Kier alpha value is -0.120. The van der Waals surface area contributed by atoms with E-state index in [9.17, 15) is 10.2 Å². The van der Waals surface area contributed by atoms with E-state index in [1.807, 2.05) is 6.92 Å². The van der Waals surface area contributed by atoms with E-state index in [-0.39, 0.29) is 12.0 Å². The molecule has 1 heterocycles. The summed E-state index contributed by atoms with van der Waals surface area (Å²) in [6.45, 7) is 9.02. The normalized spacial score (nSPS) is 32.6. The summed E-state index contributed by atoms with van der Waals surface area (Å²) >= 11 is 0. The molecule has 2 unspecified atom stereocenters. The van der Waals surface area contributed by atoms with Gasteiger partial charge in [0.1, 0.15) is 0 Å². The maximum atomic E-state index is 9.98. The van der Waals surface area contributed by atoms with E-state index in [0.717, 1.165) is 38.9 Å². The van der Waals surface area contributed by atoms with Crippen molar-refractivity contribution in [1.82, 2.24) is 4.90 Å². The second-order valence-electron chi connectivity index (χ2n) is 5.63. The first-order valence-corrected chi connectivity index (χ1v) is 5.96. The number of hydrogen-bond donors (Lipinski definition) is 2. The highest BCUT2D eigenvalue weighted by Gasteiger charge is 2.32. The van der Waals surface area contributed by atoms with Crippen LogP contribution in [0.2, 0.25) is 0 Å². The number of hydrogen-bond acceptors (Lipinski definition) is 3. The molecule has 1 saturated heterocycles. The highest BCUT2D eigenvalue weighted by atomic mass is 16.3. The van der Waals surface area contributed by atoms with Gasteiger partial charge in [-0.25, -0.2) is 0 Å². The Bertz CT molecular complexity index is 200. The molecule has 1 aliphatic heterocycles. The third kappa shape index (κ3) is 3.74. The predicted molar refractivity (Wildman–Crippen MR) is 61.8 cm³/mol. The summed E-state index contributed by atoms with van der Waals surface area (Å²) in [5.74, 6) is 0. The van der Waals surface area contributed by atoms with Crippen LogP contribution >= 0.6 is 0 Å². The zero-order valence-corrected chi connectivity index (χ0v) is 10.3. The first-order valence-electron chi connectivity index (χ1n) is 5.96. The number of aliphatic hydroxyl groups is 2. The molecule has 90 valence electrons. The first kappa shape index (κ1) is 12.9. The third-order valence-electron chi connectivity index (χ3n) is 3.59. The molecule has 0 spiro atoms. The zero-order valence-electron chi connectivity index (χ0n) is 10.3. The SMILES string of the molecule is CCC(C)(CO)CN1CCCC(C)(O)C1. The van der Waals surface area contributed by atoms with Crippen molar-refractivity contribution in [3.05, 3.63) is 0 Å². The summed E-state index contributed by atoms with van der Waals surface area (Å²) in [6, 6.07) is 0. The van der Waals surface area contributed by atoms with Gasteiger partial charge in [-0.1, -0.05) is 13.8 Å². The third-order valence-corrected chi connectivity index (χ3v) is 3.59. The van der Waals surface area contributed by atoms with Gasteiger partial charge in [0.15, 0.2) is 0 Å². The van der Waals surface area contributed by atoms with Crippen LogP contribution in [0.4, 0.5) is 0 Å². The monoisotopic (exact) mass is 215 g/mol. The van der Waals surface area contributed by atoms with Gasteiger partial charge in [-0.15, -0.1) is 0 Å². The largest absolute Gasteiger partial charge is 0.396 e. The summed E-state index contributed by atoms with van der Waals surface area (Å²) in [5, 5.41) is 19.3. The van der Waals surface area contributed by atoms with Gasteiger partial charge in [-0.2, -0.15) is 0 Å². The van der Waals surface area contributed by atoms with Crippen molar-refractivity contribution in [3.8, 4) is 0 Å². The minimum Gasteiger partial charge on any atom is -0.396 e. The van der Waals surface area contributed by atoms with Crippen LogP contribution in [0, 0.1) is 5.41 Å². The van der Waals surface area contributed by atoms with Crippen molar-refractivity contribution in [2.75, 3.05) is 26.2 Å². The van der Waals surface area contributed by atoms with Crippen LogP contribution in [0.3, 0.4) is 0 Å². The van der Waals surface area contributed by atoms with Crippen molar-refractivity contribution in [1.29, 1.82) is 0 Å². The van der Waals surface area contributed by atoms with Crippen LogP contribution in [-0.2, 0) is 0 Å². The molecular formula is C12H25NO2. The number of likely N-dealkylation sites (tertiary alicyclic amines) is 1. The van der Waals surface area contributed by atoms with Crippen LogP contribution in [0.25, 0.3) is 0 Å². The van der Waals surface area contributed by atoms with Gasteiger partial charge in [0, 0.05) is 25.1 Å². The molecule has 0 amide bonds. The standard InChI is InChI=1S/C12H25NO2/c1-4-11(2,10-14)8-13-7-5-6-12(3,15)9-13/h14-15H,4-10H2,1-3H3. The molecule has 0 aromatic heterocycles. The second kappa shape index (κ2) is 4.81. The van der Waals surface area contributed by atoms with Crippen molar-refractivity contribution in [3.63, 3.8) is 0 Å². The molecule has 0 aromatic rings. The van der Waals surface area contributed by atoms with Crippen molar-refractivity contribution < 1.29 is 10.2 Å². The van der Waals surface area contributed by atoms with E-state index in [1.54, 1.807) is 0 Å². The number of β-amino-alcohol motifs (C(OH)–C–C–N with tert-alkyl or cyclic N) is 1. The fourth-order valence-electron chi connectivity index (χ4n) is 2.27. The highest BCUT2D eigenvalue weighted by molar-refractivity contribution is 4.86. The fourth-order valence-corrected chi connectivity index (χ4v) is 2.27. The Labute approximate surface area is 93.1 Å². The van der Waals surface area contributed by atoms with E-state index >= 15 is 0 Å². The molecule has 1 rings (SSSR count). The van der Waals surface area contributed by atoms with Gasteiger partial charge in [-0.3, -0.25) is 4.90 Å². The maximum absolute atomic E-state index is 9.98. The average Bonchev–Trinajstić information content (AvgIpc) is 2.16. The van der Waals surface area contributed by atoms with Gasteiger partial charge < -0.3 is 10.2 Å². The molecule has 1 fully saturated rings. The molecule has 0 radical (unpaired) electrons. The summed E-state index contributed by atoms with van der Waals surface area (Å²) in [5.41, 5.74) is -0.560. The van der Waals surface area contributed by atoms with Gasteiger partial charge >= 0.3 is 0 Å². The Morgan fingerprint density at radius 1 is 1.47 bits per heavy atom. The molecule has 0 aromatic carbocycles. The van der Waals surface area contributed by atoms with Crippen molar-refractivity contribution in [2.45, 2.75) is 45.6 Å². The van der Waals surface area contributed by atoms with E-state index in [4.69, 9.17) is 0 Å². The molecule has 2 N–H and O–H groups in total. The molecule has 1 aliphatic rings. The number of aliphatic hydroxyl groups excluding tert-OH is 1. The van der Waals surface area contributed by atoms with Crippen LogP contribution in [0.5, 0.6) is 0 Å². The first-order chi connectivity index (χ1) is 6.91. The van der Waals surface area contributed by atoms with E-state index in [0.29, 0.717) is 0 Å². The molecule has 3 heteroatoms. The Morgan fingerprint density at radius 3 is 2.60 bits per heavy atom. The second-order valence-corrected chi connectivity index (χ2v) is 5.63. The zero-order chi connectivity index (χ0) is 11.5. The predicted octanol–water partition coefficient (Wildman–Crippen LogP) is 1.24. The van der Waals surface area contributed by atoms with Crippen molar-refractivity contribution in [2.24, 2.45) is 5.41 Å². The quantitative estimate of drug-likeness (QED) is 0.741. The fraction of sp³-hybridized carbons (Fsp3) is 1.00. The summed E-state index contributed by atoms with van der Waals surface area (Å²) in [7, 11) is 0. The molecule has 0 saturated carbocycles. The number of nitrogens with zero attached hydrogens (tertiary/aromatic N) is 1. The molecule has 0 aliphatic carbocycles. The minimum atomic E-state index is -0.539. The Morgan fingerprint density at radius 2 is 2.13 bits per heavy atom. The van der Waals surface area contributed by atoms with Crippen LogP contribution in [0.15, 0.2) is 0 Å². The van der Waals surface area contributed by atoms with E-state index in [2.05, 4.69) is 18.7 Å². The molecule has 2 atom stereocenters. The number of piperidine rings is 1. The number of rotatable bonds is 4. The van der Waals surface area contributed by atoms with Gasteiger partial charge in [0.25, 0.3) is 0 Å². The molecule has 15 heavy (non-hydrogen) atoms. The lowest BCUT2D eigenvalue weighted by atomic mass is 9.86. The summed E-state index contributed by atoms with van der Waals surface area (Å²) < 4.78 is 0. The van der Waals surface area contributed by atoms with E-state index < -0.39 is 5.60 Å². The molecule has 0 bridgehead atoms. The van der Waals surface area contributed by atoms with Crippen LogP contribution < -0.4 is 0 Å². The minimum absolute atomic E-state index is 0.0204. The van der Waals surface area contributed by atoms with Crippen LogP contribution in [0.1, 0.15) is 40.0 Å². The Kier molecular flexibility index (Phi) is 4.15. The topological polar surface area (TPSA) is 43.7 Å². The van der Waals surface area contributed by atoms with E-state index in [1.165, 1.54) is 0 Å². The lowest BCUT2D eigenvalue weighted by Gasteiger charge is -2.41. The van der Waals surface area contributed by atoms with Crippen molar-refractivity contribution >= 4 is 0 Å². The summed E-state index contributed by atoms with van der Waals surface area (Å²) in [4.78, 5) is 2.28. The average molecular weight is 215 g/mol. The highest BCUT2D eigenvalue weighted by Crippen LogP contribution is 2.26. The smallest absolute Gasteiger partial charge is 0.0746 e. The molecule has 3 nitrogen and oxygen atoms in total. The molecular weight excluding hydrogens is 190 g/mol.